The van der Waals surface area contributed by atoms with Gasteiger partial charge in [-0.3, -0.25) is 4.79 Å². The van der Waals surface area contributed by atoms with Crippen molar-refractivity contribution < 1.29 is 17.7 Å². The molecular formula is C20H23N5O4S3. The molecule has 5 rings (SSSR count). The normalized spacial score (nSPS) is 20.6. The topological polar surface area (TPSA) is 118 Å². The number of nitrogens with one attached hydrogen (secondary N) is 1. The number of thiazole rings is 1. The molecule has 0 radical (unpaired) electrons. The third-order valence-electron chi connectivity index (χ3n) is 5.99. The number of anilines is 1. The van der Waals surface area contributed by atoms with E-state index < -0.39 is 15.9 Å². The molecule has 0 aromatic carbocycles. The first-order valence-corrected chi connectivity index (χ1v) is 13.8. The molecule has 3 aromatic heterocycles. The van der Waals surface area contributed by atoms with Crippen LogP contribution in [0.15, 0.2) is 31.8 Å². The molecule has 170 valence electrons. The van der Waals surface area contributed by atoms with Crippen molar-refractivity contribution in [1.29, 1.82) is 0 Å². The molecular weight excluding hydrogens is 470 g/mol. The summed E-state index contributed by atoms with van der Waals surface area (Å²) in [6, 6.07) is 1.60. The smallest absolute Gasteiger partial charge is 0.252 e. The van der Waals surface area contributed by atoms with Gasteiger partial charge in [0.1, 0.15) is 4.21 Å². The summed E-state index contributed by atoms with van der Waals surface area (Å²) in [4.78, 5) is 21.1. The van der Waals surface area contributed by atoms with Gasteiger partial charge < -0.3 is 9.84 Å². The quantitative estimate of drug-likeness (QED) is 0.552. The molecule has 1 N–H and O–H groups in total. The molecule has 1 atom stereocenters. The fourth-order valence-electron chi connectivity index (χ4n) is 4.25. The Balaban J connectivity index is 1.29. The maximum Gasteiger partial charge on any atom is 0.252 e. The summed E-state index contributed by atoms with van der Waals surface area (Å²) in [5.74, 6) is 0.757. The summed E-state index contributed by atoms with van der Waals surface area (Å²) in [5.41, 5.74) is 0.636. The average molecular weight is 494 g/mol. The lowest BCUT2D eigenvalue weighted by atomic mass is 9.99. The Morgan fingerprint density at radius 3 is 2.81 bits per heavy atom. The van der Waals surface area contributed by atoms with Crippen LogP contribution in [0.4, 0.5) is 5.13 Å². The van der Waals surface area contributed by atoms with E-state index in [-0.39, 0.29) is 16.7 Å². The number of hydrogen-bond donors (Lipinski definition) is 1. The number of nitrogens with zero attached hydrogens (tertiary/aromatic N) is 4. The maximum atomic E-state index is 13.3. The molecule has 0 spiro atoms. The lowest BCUT2D eigenvalue weighted by Gasteiger charge is -2.30. The van der Waals surface area contributed by atoms with Crippen LogP contribution in [0.1, 0.15) is 50.3 Å². The summed E-state index contributed by atoms with van der Waals surface area (Å²) in [6.07, 6.45) is 7.33. The van der Waals surface area contributed by atoms with Crippen LogP contribution in [0.5, 0.6) is 0 Å². The van der Waals surface area contributed by atoms with Crippen LogP contribution in [-0.4, -0.2) is 46.8 Å². The Kier molecular flexibility index (Phi) is 6.10. The Labute approximate surface area is 193 Å². The number of piperidine rings is 1. The van der Waals surface area contributed by atoms with Crippen LogP contribution in [-0.2, 0) is 14.8 Å². The molecule has 1 amide bonds. The summed E-state index contributed by atoms with van der Waals surface area (Å²) < 4.78 is 33.6. The number of carbonyl (C=O) groups excluding carboxylic acids is 1. The molecule has 32 heavy (non-hydrogen) atoms. The minimum Gasteiger partial charge on any atom is -0.339 e. The van der Waals surface area contributed by atoms with Gasteiger partial charge in [-0.1, -0.05) is 18.0 Å². The van der Waals surface area contributed by atoms with Crippen molar-refractivity contribution in [2.45, 2.75) is 48.7 Å². The molecule has 1 saturated carbocycles. The molecule has 0 unspecified atom stereocenters. The van der Waals surface area contributed by atoms with Crippen molar-refractivity contribution in [2.24, 2.45) is 5.92 Å². The SMILES string of the molecule is O=C(Nc1nccs1)[C@@H]1CCCN(S(=O)(=O)c2cc(-c3noc(C4CCCC4)n3)cs2)C1. The Bertz CT molecular complexity index is 1180. The maximum absolute atomic E-state index is 13.3. The lowest BCUT2D eigenvalue weighted by Crippen LogP contribution is -2.43. The molecule has 2 fully saturated rings. The van der Waals surface area contributed by atoms with E-state index in [0.717, 1.165) is 24.2 Å². The highest BCUT2D eigenvalue weighted by molar-refractivity contribution is 7.91. The molecule has 1 aliphatic carbocycles. The van der Waals surface area contributed by atoms with Crippen molar-refractivity contribution in [1.82, 2.24) is 19.4 Å². The number of amides is 1. The van der Waals surface area contributed by atoms with Crippen LogP contribution in [0.2, 0.25) is 0 Å². The molecule has 4 heterocycles. The van der Waals surface area contributed by atoms with Crippen molar-refractivity contribution in [3.63, 3.8) is 0 Å². The number of hydrogen-bond acceptors (Lipinski definition) is 9. The van der Waals surface area contributed by atoms with E-state index in [4.69, 9.17) is 4.52 Å². The number of aromatic nitrogens is 3. The second-order valence-electron chi connectivity index (χ2n) is 8.12. The first kappa shape index (κ1) is 21.7. The largest absolute Gasteiger partial charge is 0.339 e. The van der Waals surface area contributed by atoms with Gasteiger partial charge in [0.15, 0.2) is 5.13 Å². The van der Waals surface area contributed by atoms with Crippen LogP contribution in [0.25, 0.3) is 11.4 Å². The summed E-state index contributed by atoms with van der Waals surface area (Å²) >= 11 is 2.48. The highest BCUT2D eigenvalue weighted by Crippen LogP contribution is 2.35. The Morgan fingerprint density at radius 1 is 1.19 bits per heavy atom. The van der Waals surface area contributed by atoms with Gasteiger partial charge in [0.2, 0.25) is 17.6 Å². The highest BCUT2D eigenvalue weighted by atomic mass is 32.2. The third-order valence-corrected chi connectivity index (χ3v) is 9.96. The van der Waals surface area contributed by atoms with E-state index in [2.05, 4.69) is 20.4 Å². The van der Waals surface area contributed by atoms with Gasteiger partial charge in [0.05, 0.1) is 5.92 Å². The molecule has 9 nitrogen and oxygen atoms in total. The predicted molar refractivity (Wildman–Crippen MR) is 121 cm³/mol. The van der Waals surface area contributed by atoms with Gasteiger partial charge in [-0.25, -0.2) is 13.4 Å². The minimum atomic E-state index is -3.71. The van der Waals surface area contributed by atoms with Gasteiger partial charge in [-0.05, 0) is 31.7 Å². The van der Waals surface area contributed by atoms with E-state index >= 15 is 0 Å². The molecule has 2 aliphatic rings. The Hall–Kier alpha value is -2.15. The summed E-state index contributed by atoms with van der Waals surface area (Å²) in [7, 11) is -3.71. The van der Waals surface area contributed by atoms with E-state index in [1.807, 2.05) is 0 Å². The van der Waals surface area contributed by atoms with Crippen molar-refractivity contribution >= 4 is 43.7 Å². The Morgan fingerprint density at radius 2 is 2.03 bits per heavy atom. The fraction of sp³-hybridized carbons (Fsp3) is 0.500. The van der Waals surface area contributed by atoms with Crippen molar-refractivity contribution in [2.75, 3.05) is 18.4 Å². The first-order valence-electron chi connectivity index (χ1n) is 10.6. The lowest BCUT2D eigenvalue weighted by molar-refractivity contribution is -0.120. The van der Waals surface area contributed by atoms with Crippen molar-refractivity contribution in [3.8, 4) is 11.4 Å². The zero-order valence-electron chi connectivity index (χ0n) is 17.3. The van der Waals surface area contributed by atoms with Crippen LogP contribution < -0.4 is 5.32 Å². The standard InChI is InChI=1S/C20H23N5O4S3/c26-18(23-20-21-7-9-30-20)14-6-3-8-25(11-14)32(27,28)16-10-15(12-31-16)17-22-19(29-24-17)13-4-1-2-5-13/h7,9-10,12-14H,1-6,8,11H2,(H,21,23,26)/t14-/m1/s1. The first-order chi connectivity index (χ1) is 15.5. The second kappa shape index (κ2) is 9.00. The number of carbonyl (C=O) groups is 1. The molecule has 1 aliphatic heterocycles. The van der Waals surface area contributed by atoms with E-state index in [0.29, 0.717) is 47.7 Å². The summed E-state index contributed by atoms with van der Waals surface area (Å²) in [6.45, 7) is 0.547. The molecule has 12 heteroatoms. The number of thiophene rings is 1. The zero-order valence-corrected chi connectivity index (χ0v) is 19.7. The molecule has 0 bridgehead atoms. The van der Waals surface area contributed by atoms with Crippen LogP contribution >= 0.6 is 22.7 Å². The van der Waals surface area contributed by atoms with Gasteiger partial charge in [-0.15, -0.1) is 22.7 Å². The van der Waals surface area contributed by atoms with Gasteiger partial charge in [0, 0.05) is 41.5 Å². The van der Waals surface area contributed by atoms with Gasteiger partial charge >= 0.3 is 0 Å². The van der Waals surface area contributed by atoms with Crippen LogP contribution in [0.3, 0.4) is 0 Å². The zero-order chi connectivity index (χ0) is 22.1. The number of rotatable bonds is 6. The predicted octanol–water partition coefficient (Wildman–Crippen LogP) is 3.95. The second-order valence-corrected chi connectivity index (χ2v) is 12.1. The van der Waals surface area contributed by atoms with Gasteiger partial charge in [0.25, 0.3) is 10.0 Å². The van der Waals surface area contributed by atoms with E-state index in [9.17, 15) is 13.2 Å². The molecule has 3 aromatic rings. The molecule has 1 saturated heterocycles. The van der Waals surface area contributed by atoms with Crippen molar-refractivity contribution in [3.05, 3.63) is 28.9 Å². The summed E-state index contributed by atoms with van der Waals surface area (Å²) in [5, 5.41) is 10.9. The minimum absolute atomic E-state index is 0.154. The number of sulfonamides is 1. The van der Waals surface area contributed by atoms with E-state index in [1.54, 1.807) is 23.0 Å². The average Bonchev–Trinajstić information content (AvgIpc) is 3.60. The highest BCUT2D eigenvalue weighted by Gasteiger charge is 2.34. The van der Waals surface area contributed by atoms with Gasteiger partial charge in [-0.2, -0.15) is 9.29 Å². The fourth-order valence-corrected chi connectivity index (χ4v) is 7.62. The monoisotopic (exact) mass is 493 g/mol. The third kappa shape index (κ3) is 4.36. The van der Waals surface area contributed by atoms with E-state index in [1.165, 1.54) is 28.5 Å². The van der Waals surface area contributed by atoms with Crippen LogP contribution in [0, 0.1) is 5.92 Å².